The van der Waals surface area contributed by atoms with E-state index in [1.54, 1.807) is 0 Å². The van der Waals surface area contributed by atoms with Gasteiger partial charge in [-0.2, -0.15) is 6.42 Å². The summed E-state index contributed by atoms with van der Waals surface area (Å²) in [6, 6.07) is 0. The van der Waals surface area contributed by atoms with Crippen LogP contribution in [0.15, 0.2) is 0 Å². The van der Waals surface area contributed by atoms with Crippen molar-refractivity contribution in [3.8, 4) is 0 Å². The zero-order valence-electron chi connectivity index (χ0n) is 9.78. The Kier molecular flexibility index (Phi) is 21.1. The Hall–Kier alpha value is 1.64. The van der Waals surface area contributed by atoms with Crippen LogP contribution in [-0.2, 0) is 0 Å². The van der Waals surface area contributed by atoms with Crippen LogP contribution < -0.4 is 51.4 Å². The SMILES string of the molecule is [CH2-]CCCCCCCCCCC.[K+]. The molecule has 0 aliphatic rings. The zero-order valence-corrected chi connectivity index (χ0v) is 12.9. The zero-order chi connectivity index (χ0) is 9.07. The first kappa shape index (κ1) is 17.0. The van der Waals surface area contributed by atoms with Crippen molar-refractivity contribution >= 4 is 0 Å². The molecule has 0 atom stereocenters. The fraction of sp³-hybridized carbons (Fsp3) is 0.917. The average Bonchev–Trinajstić information content (AvgIpc) is 2.10. The van der Waals surface area contributed by atoms with E-state index >= 15 is 0 Å². The van der Waals surface area contributed by atoms with Gasteiger partial charge in [-0.1, -0.05) is 64.7 Å². The van der Waals surface area contributed by atoms with Crippen LogP contribution in [-0.4, -0.2) is 0 Å². The van der Waals surface area contributed by atoms with Crippen molar-refractivity contribution in [2.75, 3.05) is 0 Å². The van der Waals surface area contributed by atoms with Gasteiger partial charge >= 0.3 is 51.4 Å². The summed E-state index contributed by atoms with van der Waals surface area (Å²) in [6.45, 7) is 6.12. The topological polar surface area (TPSA) is 0 Å². The first-order valence-electron chi connectivity index (χ1n) is 5.71. The summed E-state index contributed by atoms with van der Waals surface area (Å²) < 4.78 is 0. The molecule has 13 heavy (non-hydrogen) atoms. The first-order chi connectivity index (χ1) is 5.91. The molecule has 0 heterocycles. The molecule has 0 aliphatic heterocycles. The average molecular weight is 208 g/mol. The standard InChI is InChI=1S/C12H25.K/c1-3-5-7-9-11-12-10-8-6-4-2;/h1,3-12H2,2H3;/q-1;+1. The van der Waals surface area contributed by atoms with E-state index in [0.717, 1.165) is 6.42 Å². The summed E-state index contributed by atoms with van der Waals surface area (Å²) in [5, 5.41) is 0. The Bertz CT molecular complexity index is 61.5. The van der Waals surface area contributed by atoms with Crippen molar-refractivity contribution in [3.63, 3.8) is 0 Å². The number of hydrogen-bond acceptors (Lipinski definition) is 0. The van der Waals surface area contributed by atoms with Crippen molar-refractivity contribution in [2.24, 2.45) is 0 Å². The second-order valence-electron chi connectivity index (χ2n) is 3.68. The van der Waals surface area contributed by atoms with Crippen LogP contribution in [0.3, 0.4) is 0 Å². The van der Waals surface area contributed by atoms with Crippen molar-refractivity contribution in [2.45, 2.75) is 71.1 Å². The Labute approximate surface area is 128 Å². The largest absolute Gasteiger partial charge is 1.00 e. The molecule has 0 rings (SSSR count). The summed E-state index contributed by atoms with van der Waals surface area (Å²) >= 11 is 0. The van der Waals surface area contributed by atoms with E-state index in [4.69, 9.17) is 0 Å². The fourth-order valence-corrected chi connectivity index (χ4v) is 1.49. The van der Waals surface area contributed by atoms with Gasteiger partial charge in [0.2, 0.25) is 0 Å². The van der Waals surface area contributed by atoms with Crippen LogP contribution in [0.4, 0.5) is 0 Å². The van der Waals surface area contributed by atoms with Gasteiger partial charge in [-0.3, -0.25) is 0 Å². The van der Waals surface area contributed by atoms with Crippen molar-refractivity contribution < 1.29 is 51.4 Å². The van der Waals surface area contributed by atoms with Gasteiger partial charge in [0.05, 0.1) is 0 Å². The molecular formula is C12H25K. The Morgan fingerprint density at radius 2 is 1.08 bits per heavy atom. The minimum Gasteiger partial charge on any atom is -0.343 e. The molecule has 0 N–H and O–H groups in total. The fourth-order valence-electron chi connectivity index (χ4n) is 1.49. The molecule has 0 bridgehead atoms. The van der Waals surface area contributed by atoms with E-state index in [9.17, 15) is 0 Å². The van der Waals surface area contributed by atoms with E-state index in [2.05, 4.69) is 13.8 Å². The van der Waals surface area contributed by atoms with Crippen LogP contribution in [0.25, 0.3) is 0 Å². The third kappa shape index (κ3) is 16.3. The van der Waals surface area contributed by atoms with Gasteiger partial charge in [0.25, 0.3) is 0 Å². The molecule has 0 unspecified atom stereocenters. The third-order valence-corrected chi connectivity index (χ3v) is 2.35. The summed E-state index contributed by atoms with van der Waals surface area (Å²) in [5.74, 6) is 0. The molecule has 0 saturated heterocycles. The minimum absolute atomic E-state index is 0. The van der Waals surface area contributed by atoms with Crippen molar-refractivity contribution in [3.05, 3.63) is 6.92 Å². The second-order valence-corrected chi connectivity index (χ2v) is 3.68. The Balaban J connectivity index is 0. The van der Waals surface area contributed by atoms with Crippen LogP contribution >= 0.6 is 0 Å². The maximum atomic E-state index is 3.84. The van der Waals surface area contributed by atoms with Crippen molar-refractivity contribution in [1.29, 1.82) is 0 Å². The van der Waals surface area contributed by atoms with Gasteiger partial charge < -0.3 is 6.92 Å². The van der Waals surface area contributed by atoms with E-state index in [1.165, 1.54) is 57.8 Å². The first-order valence-corrected chi connectivity index (χ1v) is 5.71. The normalized spacial score (nSPS) is 9.69. The molecule has 0 aromatic heterocycles. The van der Waals surface area contributed by atoms with Gasteiger partial charge in [-0.25, -0.2) is 0 Å². The molecule has 1 heteroatoms. The summed E-state index contributed by atoms with van der Waals surface area (Å²) in [5.41, 5.74) is 0. The maximum absolute atomic E-state index is 3.84. The van der Waals surface area contributed by atoms with Gasteiger partial charge in [-0.15, -0.1) is 0 Å². The van der Waals surface area contributed by atoms with Crippen LogP contribution in [0.5, 0.6) is 0 Å². The summed E-state index contributed by atoms with van der Waals surface area (Å²) in [4.78, 5) is 0. The van der Waals surface area contributed by atoms with Crippen LogP contribution in [0.2, 0.25) is 0 Å². The molecule has 0 spiro atoms. The van der Waals surface area contributed by atoms with Gasteiger partial charge in [0, 0.05) is 0 Å². The van der Waals surface area contributed by atoms with E-state index < -0.39 is 0 Å². The molecule has 0 aromatic rings. The number of unbranched alkanes of at least 4 members (excludes halogenated alkanes) is 9. The molecule has 74 valence electrons. The predicted molar refractivity (Wildman–Crippen MR) is 57.2 cm³/mol. The minimum atomic E-state index is 0. The molecule has 0 aliphatic carbocycles. The molecule has 0 nitrogen and oxygen atoms in total. The van der Waals surface area contributed by atoms with Crippen LogP contribution in [0.1, 0.15) is 71.1 Å². The molecule has 0 aromatic carbocycles. The number of rotatable bonds is 9. The summed E-state index contributed by atoms with van der Waals surface area (Å²) in [6.07, 6.45) is 13.9. The monoisotopic (exact) mass is 208 g/mol. The van der Waals surface area contributed by atoms with E-state index in [1.807, 2.05) is 0 Å². The Morgan fingerprint density at radius 1 is 0.692 bits per heavy atom. The van der Waals surface area contributed by atoms with E-state index in [0.29, 0.717) is 0 Å². The van der Waals surface area contributed by atoms with Crippen molar-refractivity contribution in [1.82, 2.24) is 0 Å². The predicted octanol–water partition coefficient (Wildman–Crippen LogP) is 1.75. The quantitative estimate of drug-likeness (QED) is 0.308. The summed E-state index contributed by atoms with van der Waals surface area (Å²) in [7, 11) is 0. The van der Waals surface area contributed by atoms with Gasteiger partial charge in [0.1, 0.15) is 0 Å². The molecule has 0 amide bonds. The smallest absolute Gasteiger partial charge is 0.343 e. The van der Waals surface area contributed by atoms with Gasteiger partial charge in [-0.05, 0) is 0 Å². The second kappa shape index (κ2) is 16.1. The molecule has 0 fully saturated rings. The Morgan fingerprint density at radius 3 is 1.46 bits per heavy atom. The van der Waals surface area contributed by atoms with Crippen LogP contribution in [0, 0.1) is 6.92 Å². The van der Waals surface area contributed by atoms with Gasteiger partial charge in [0.15, 0.2) is 0 Å². The molecule has 0 saturated carbocycles. The molecular weight excluding hydrogens is 183 g/mol. The number of hydrogen-bond donors (Lipinski definition) is 0. The maximum Gasteiger partial charge on any atom is 1.00 e. The molecule has 0 radical (unpaired) electrons. The van der Waals surface area contributed by atoms with E-state index in [-0.39, 0.29) is 51.4 Å². The third-order valence-electron chi connectivity index (χ3n) is 2.35.